The van der Waals surface area contributed by atoms with Gasteiger partial charge in [0.2, 0.25) is 0 Å². The van der Waals surface area contributed by atoms with Crippen molar-refractivity contribution in [1.29, 1.82) is 0 Å². The fraction of sp³-hybridized carbons (Fsp3) is 0.727. The van der Waals surface area contributed by atoms with Gasteiger partial charge in [0.05, 0.1) is 6.10 Å². The summed E-state index contributed by atoms with van der Waals surface area (Å²) >= 11 is 2.58. The first kappa shape index (κ1) is 17.3. The van der Waals surface area contributed by atoms with Crippen LogP contribution in [0.4, 0.5) is 0 Å². The first-order valence-corrected chi connectivity index (χ1v) is 11.3. The van der Waals surface area contributed by atoms with Crippen molar-refractivity contribution >= 4 is 22.6 Å². The van der Waals surface area contributed by atoms with Crippen molar-refractivity contribution in [1.82, 2.24) is 0 Å². The van der Waals surface area contributed by atoms with E-state index in [1.807, 2.05) is 6.08 Å². The number of halogens is 1. The van der Waals surface area contributed by atoms with E-state index in [1.54, 1.807) is 5.57 Å². The van der Waals surface area contributed by atoms with Crippen molar-refractivity contribution in [2.75, 3.05) is 4.43 Å². The Morgan fingerprint density at radius 2 is 2.00 bits per heavy atom. The van der Waals surface area contributed by atoms with E-state index in [2.05, 4.69) is 61.6 Å². The van der Waals surface area contributed by atoms with Gasteiger partial charge in [-0.15, -0.1) is 0 Å². The Hall–Kier alpha value is -0.0900. The molecule has 0 bridgehead atoms. The molecule has 1 nitrogen and oxygen atoms in total. The lowest BCUT2D eigenvalue weighted by Gasteiger charge is -2.53. The minimum atomic E-state index is -0.284. The maximum absolute atomic E-state index is 10.0. The Bertz CT molecular complexity index is 617. The Morgan fingerprint density at radius 1 is 1.21 bits per heavy atom. The van der Waals surface area contributed by atoms with Gasteiger partial charge in [0.1, 0.15) is 0 Å². The van der Waals surface area contributed by atoms with E-state index in [4.69, 9.17) is 0 Å². The lowest BCUT2D eigenvalue weighted by Crippen LogP contribution is -2.45. The first-order valence-electron chi connectivity index (χ1n) is 9.74. The molecule has 2 saturated carbocycles. The van der Waals surface area contributed by atoms with E-state index < -0.39 is 0 Å². The van der Waals surface area contributed by atoms with Crippen LogP contribution in [0.3, 0.4) is 0 Å². The number of aliphatic hydroxyl groups excluding tert-OH is 1. The molecule has 4 unspecified atom stereocenters. The molecule has 4 aliphatic carbocycles. The van der Waals surface area contributed by atoms with E-state index in [9.17, 15) is 5.11 Å². The lowest BCUT2D eigenvalue weighted by molar-refractivity contribution is 0.0676. The molecule has 0 aliphatic heterocycles. The van der Waals surface area contributed by atoms with E-state index >= 15 is 0 Å². The van der Waals surface area contributed by atoms with Gasteiger partial charge in [0, 0.05) is 9.84 Å². The molecule has 0 aromatic carbocycles. The minimum absolute atomic E-state index is 0.150. The summed E-state index contributed by atoms with van der Waals surface area (Å²) in [7, 11) is 0. The molecule has 1 N–H and O–H groups in total. The number of rotatable bonds is 2. The summed E-state index contributed by atoms with van der Waals surface area (Å²) in [6.07, 6.45) is 15.2. The SMILES string of the molecule is CC(CI)C1CCC2C3=CC=C4C[C@@H](O)C=C[C@]4(C)C3CC[C@@]21C. The van der Waals surface area contributed by atoms with Crippen LogP contribution in [0.2, 0.25) is 0 Å². The van der Waals surface area contributed by atoms with Crippen molar-refractivity contribution in [2.45, 2.75) is 59.0 Å². The fourth-order valence-corrected chi connectivity index (χ4v) is 7.29. The summed E-state index contributed by atoms with van der Waals surface area (Å²) in [5, 5.41) is 10.0. The summed E-state index contributed by atoms with van der Waals surface area (Å²) < 4.78 is 1.29. The van der Waals surface area contributed by atoms with Gasteiger partial charge in [0.15, 0.2) is 0 Å². The van der Waals surface area contributed by atoms with Crippen molar-refractivity contribution in [3.63, 3.8) is 0 Å². The molecule has 0 aromatic heterocycles. The Balaban J connectivity index is 1.70. The van der Waals surface area contributed by atoms with E-state index in [0.29, 0.717) is 11.3 Å². The van der Waals surface area contributed by atoms with Gasteiger partial charge in [-0.25, -0.2) is 0 Å². The number of aliphatic hydroxyl groups is 1. The molecule has 0 radical (unpaired) electrons. The Labute approximate surface area is 160 Å². The molecule has 2 fully saturated rings. The molecular weight excluding hydrogens is 407 g/mol. The van der Waals surface area contributed by atoms with Crippen LogP contribution in [-0.4, -0.2) is 15.6 Å². The summed E-state index contributed by atoms with van der Waals surface area (Å²) in [6, 6.07) is 0. The molecule has 0 spiro atoms. The number of fused-ring (bicyclic) bond motifs is 5. The van der Waals surface area contributed by atoms with Gasteiger partial charge in [-0.05, 0) is 61.2 Å². The molecule has 4 rings (SSSR count). The zero-order valence-electron chi connectivity index (χ0n) is 15.3. The van der Waals surface area contributed by atoms with Crippen molar-refractivity contribution < 1.29 is 5.11 Å². The third-order valence-corrected chi connectivity index (χ3v) is 9.49. The Morgan fingerprint density at radius 3 is 2.75 bits per heavy atom. The lowest BCUT2D eigenvalue weighted by atomic mass is 9.51. The van der Waals surface area contributed by atoms with Crippen LogP contribution < -0.4 is 0 Å². The molecule has 2 heteroatoms. The van der Waals surface area contributed by atoms with E-state index in [-0.39, 0.29) is 11.5 Å². The number of hydrogen-bond donors (Lipinski definition) is 1. The van der Waals surface area contributed by atoms with Gasteiger partial charge in [-0.1, -0.05) is 78.8 Å². The van der Waals surface area contributed by atoms with Crippen LogP contribution in [0.15, 0.2) is 35.5 Å². The molecule has 7 atom stereocenters. The molecule has 4 aliphatic rings. The van der Waals surface area contributed by atoms with Gasteiger partial charge >= 0.3 is 0 Å². The zero-order valence-corrected chi connectivity index (χ0v) is 17.4. The monoisotopic (exact) mass is 438 g/mol. The molecule has 24 heavy (non-hydrogen) atoms. The molecular formula is C22H31IO. The van der Waals surface area contributed by atoms with Crippen molar-refractivity contribution in [3.05, 3.63) is 35.5 Å². The third-order valence-electron chi connectivity index (χ3n) is 8.10. The predicted molar refractivity (Wildman–Crippen MR) is 109 cm³/mol. The first-order chi connectivity index (χ1) is 11.4. The second-order valence-electron chi connectivity index (χ2n) is 9.24. The second-order valence-corrected chi connectivity index (χ2v) is 10.1. The summed E-state index contributed by atoms with van der Waals surface area (Å²) in [6.45, 7) is 7.48. The summed E-state index contributed by atoms with van der Waals surface area (Å²) in [4.78, 5) is 0. The van der Waals surface area contributed by atoms with Crippen LogP contribution in [-0.2, 0) is 0 Å². The highest BCUT2D eigenvalue weighted by molar-refractivity contribution is 14.1. The van der Waals surface area contributed by atoms with E-state index in [0.717, 1.165) is 24.2 Å². The van der Waals surface area contributed by atoms with Gasteiger partial charge < -0.3 is 5.11 Å². The number of alkyl halides is 1. The standard InChI is InChI=1S/C22H31IO/c1-14(13-23)18-6-7-19-17-5-4-15-12-16(24)8-10-21(15,2)20(17)9-11-22(18,19)3/h4-5,8,10,14,16,18-20,24H,6-7,9,11-13H2,1-3H3/t14?,16-,18?,19?,20?,21-,22+/m0/s1. The van der Waals surface area contributed by atoms with Gasteiger partial charge in [0.25, 0.3) is 0 Å². The summed E-state index contributed by atoms with van der Waals surface area (Å²) in [5.41, 5.74) is 3.84. The van der Waals surface area contributed by atoms with Crippen LogP contribution in [0.1, 0.15) is 52.9 Å². The van der Waals surface area contributed by atoms with Gasteiger partial charge in [-0.3, -0.25) is 0 Å². The quantitative estimate of drug-likeness (QED) is 0.334. The highest BCUT2D eigenvalue weighted by atomic mass is 127. The normalized spacial score (nSPS) is 48.0. The zero-order chi connectivity index (χ0) is 17.1. The molecule has 132 valence electrons. The molecule has 0 amide bonds. The third kappa shape index (κ3) is 2.35. The maximum Gasteiger partial charge on any atom is 0.0758 e. The second kappa shape index (κ2) is 5.97. The van der Waals surface area contributed by atoms with Crippen molar-refractivity contribution in [2.24, 2.45) is 34.5 Å². The predicted octanol–water partition coefficient (Wildman–Crippen LogP) is 5.69. The smallest absolute Gasteiger partial charge is 0.0758 e. The topological polar surface area (TPSA) is 20.2 Å². The van der Waals surface area contributed by atoms with Crippen LogP contribution >= 0.6 is 22.6 Å². The van der Waals surface area contributed by atoms with Crippen LogP contribution in [0.25, 0.3) is 0 Å². The highest BCUT2D eigenvalue weighted by Gasteiger charge is 2.56. The Kier molecular flexibility index (Phi) is 4.31. The largest absolute Gasteiger partial charge is 0.389 e. The molecule has 0 saturated heterocycles. The van der Waals surface area contributed by atoms with Crippen LogP contribution in [0.5, 0.6) is 0 Å². The maximum atomic E-state index is 10.0. The fourth-order valence-electron chi connectivity index (χ4n) is 6.67. The van der Waals surface area contributed by atoms with Crippen LogP contribution in [0, 0.1) is 34.5 Å². The van der Waals surface area contributed by atoms with E-state index in [1.165, 1.54) is 35.7 Å². The molecule has 0 heterocycles. The highest BCUT2D eigenvalue weighted by Crippen LogP contribution is 2.65. The van der Waals surface area contributed by atoms with Gasteiger partial charge in [-0.2, -0.15) is 0 Å². The summed E-state index contributed by atoms with van der Waals surface area (Å²) in [5.74, 6) is 3.17. The average Bonchev–Trinajstić information content (AvgIpc) is 2.92. The molecule has 0 aromatic rings. The minimum Gasteiger partial charge on any atom is -0.389 e. The number of allylic oxidation sites excluding steroid dienone is 4. The number of hydrogen-bond acceptors (Lipinski definition) is 1. The van der Waals surface area contributed by atoms with Crippen molar-refractivity contribution in [3.8, 4) is 0 Å². The average molecular weight is 438 g/mol.